The van der Waals surface area contributed by atoms with Gasteiger partial charge in [0.05, 0.1) is 0 Å². The largest absolute Gasteiger partial charge is 0.369 e. The van der Waals surface area contributed by atoms with Crippen LogP contribution in [0, 0.1) is 0 Å². The molecule has 0 bridgehead atoms. The van der Waals surface area contributed by atoms with Gasteiger partial charge < -0.3 is 9.80 Å². The van der Waals surface area contributed by atoms with Gasteiger partial charge in [-0.25, -0.2) is 13.1 Å². The third kappa shape index (κ3) is 4.11. The van der Waals surface area contributed by atoms with Crippen LogP contribution in [0.25, 0.3) is 0 Å². The Morgan fingerprint density at radius 3 is 2.39 bits per heavy atom. The van der Waals surface area contributed by atoms with Crippen LogP contribution in [0.4, 0.5) is 5.69 Å². The van der Waals surface area contributed by atoms with E-state index in [9.17, 15) is 8.42 Å². The summed E-state index contributed by atoms with van der Waals surface area (Å²) < 4.78 is 27.2. The van der Waals surface area contributed by atoms with E-state index in [1.54, 1.807) is 17.5 Å². The molecule has 0 amide bonds. The van der Waals surface area contributed by atoms with Crippen LogP contribution in [0.2, 0.25) is 0 Å². The lowest BCUT2D eigenvalue weighted by atomic mass is 10.2. The summed E-state index contributed by atoms with van der Waals surface area (Å²) in [6.07, 6.45) is 0. The van der Waals surface area contributed by atoms with Gasteiger partial charge in [-0.1, -0.05) is 18.2 Å². The van der Waals surface area contributed by atoms with E-state index in [-0.39, 0.29) is 0 Å². The molecule has 1 aliphatic heterocycles. The number of nitrogens with zero attached hydrogens (tertiary/aromatic N) is 2. The first-order chi connectivity index (χ1) is 11.0. The maximum atomic E-state index is 12.1. The summed E-state index contributed by atoms with van der Waals surface area (Å²) in [6, 6.07) is 11.5. The normalized spacial score (nSPS) is 16.7. The fourth-order valence-corrected chi connectivity index (χ4v) is 4.61. The van der Waals surface area contributed by atoms with Gasteiger partial charge in [-0.2, -0.15) is 0 Å². The number of likely N-dealkylation sites (N-methyl/N-ethyl adjacent to an activating group) is 1. The van der Waals surface area contributed by atoms with Crippen LogP contribution in [-0.2, 0) is 16.6 Å². The Morgan fingerprint density at radius 1 is 1.09 bits per heavy atom. The minimum Gasteiger partial charge on any atom is -0.369 e. The average molecular weight is 351 g/mol. The summed E-state index contributed by atoms with van der Waals surface area (Å²) in [5.41, 5.74) is 2.16. The van der Waals surface area contributed by atoms with Gasteiger partial charge in [0.2, 0.25) is 10.0 Å². The molecule has 0 atom stereocenters. The Labute approximate surface area is 141 Å². The molecule has 1 fully saturated rings. The third-order valence-electron chi connectivity index (χ3n) is 4.03. The van der Waals surface area contributed by atoms with Crippen molar-refractivity contribution in [3.63, 3.8) is 0 Å². The van der Waals surface area contributed by atoms with Gasteiger partial charge in [0.1, 0.15) is 4.21 Å². The van der Waals surface area contributed by atoms with Crippen molar-refractivity contribution in [2.45, 2.75) is 10.8 Å². The van der Waals surface area contributed by atoms with Gasteiger partial charge in [0.15, 0.2) is 0 Å². The SMILES string of the molecule is CN1CCN(c2ccc(CNS(=O)(=O)c3cccs3)cc2)CC1. The Hall–Kier alpha value is -1.41. The molecule has 0 radical (unpaired) electrons. The molecule has 0 saturated carbocycles. The van der Waals surface area contributed by atoms with Crippen LogP contribution in [0.1, 0.15) is 5.56 Å². The first kappa shape index (κ1) is 16.4. The highest BCUT2D eigenvalue weighted by Gasteiger charge is 2.16. The molecule has 3 rings (SSSR count). The second kappa shape index (κ2) is 7.00. The van der Waals surface area contributed by atoms with Gasteiger partial charge in [-0.05, 0) is 36.2 Å². The van der Waals surface area contributed by atoms with Crippen molar-refractivity contribution >= 4 is 27.0 Å². The van der Waals surface area contributed by atoms with Gasteiger partial charge in [0.25, 0.3) is 0 Å². The van der Waals surface area contributed by atoms with E-state index in [1.165, 1.54) is 17.0 Å². The number of thiophene rings is 1. The maximum Gasteiger partial charge on any atom is 0.250 e. The lowest BCUT2D eigenvalue weighted by Gasteiger charge is -2.34. The number of sulfonamides is 1. The fourth-order valence-electron chi connectivity index (χ4n) is 2.56. The monoisotopic (exact) mass is 351 g/mol. The van der Waals surface area contributed by atoms with Crippen molar-refractivity contribution in [1.29, 1.82) is 0 Å². The van der Waals surface area contributed by atoms with Crippen molar-refractivity contribution in [2.24, 2.45) is 0 Å². The zero-order valence-corrected chi connectivity index (χ0v) is 14.7. The highest BCUT2D eigenvalue weighted by atomic mass is 32.2. The topological polar surface area (TPSA) is 52.6 Å². The van der Waals surface area contributed by atoms with E-state index in [1.807, 2.05) is 12.1 Å². The van der Waals surface area contributed by atoms with Crippen molar-refractivity contribution in [1.82, 2.24) is 9.62 Å². The predicted octanol–water partition coefficient (Wildman–Crippen LogP) is 1.98. The van der Waals surface area contributed by atoms with E-state index in [0.29, 0.717) is 10.8 Å². The molecule has 5 nitrogen and oxygen atoms in total. The van der Waals surface area contributed by atoms with Gasteiger partial charge in [-0.3, -0.25) is 0 Å². The second-order valence-electron chi connectivity index (χ2n) is 5.71. The van der Waals surface area contributed by atoms with Crippen LogP contribution in [0.15, 0.2) is 46.0 Å². The number of rotatable bonds is 5. The number of nitrogens with one attached hydrogen (secondary N) is 1. The zero-order chi connectivity index (χ0) is 16.3. The van der Waals surface area contributed by atoms with Crippen LogP contribution < -0.4 is 9.62 Å². The van der Waals surface area contributed by atoms with E-state index in [2.05, 4.69) is 33.7 Å². The van der Waals surface area contributed by atoms with Crippen LogP contribution in [-0.4, -0.2) is 46.5 Å². The molecule has 2 aromatic rings. The highest BCUT2D eigenvalue weighted by molar-refractivity contribution is 7.91. The summed E-state index contributed by atoms with van der Waals surface area (Å²) in [6.45, 7) is 4.51. The van der Waals surface area contributed by atoms with Crippen molar-refractivity contribution in [3.8, 4) is 0 Å². The summed E-state index contributed by atoms with van der Waals surface area (Å²) in [5, 5.41) is 1.76. The first-order valence-corrected chi connectivity index (χ1v) is 9.96. The standard InChI is InChI=1S/C16H21N3O2S2/c1-18-8-10-19(11-9-18)15-6-4-14(5-7-15)13-17-23(20,21)16-3-2-12-22-16/h2-7,12,17H,8-11,13H2,1H3. The molecule has 1 saturated heterocycles. The van der Waals surface area contributed by atoms with E-state index < -0.39 is 10.0 Å². The number of anilines is 1. The van der Waals surface area contributed by atoms with Crippen LogP contribution in [0.5, 0.6) is 0 Å². The number of hydrogen-bond donors (Lipinski definition) is 1. The zero-order valence-electron chi connectivity index (χ0n) is 13.1. The Kier molecular flexibility index (Phi) is 5.01. The average Bonchev–Trinajstić information content (AvgIpc) is 3.10. The Bertz CT molecular complexity index is 719. The van der Waals surface area contributed by atoms with Crippen molar-refractivity contribution in [2.75, 3.05) is 38.1 Å². The molecule has 23 heavy (non-hydrogen) atoms. The van der Waals surface area contributed by atoms with Crippen molar-refractivity contribution < 1.29 is 8.42 Å². The van der Waals surface area contributed by atoms with E-state index in [4.69, 9.17) is 0 Å². The molecule has 0 spiro atoms. The number of piperazine rings is 1. The predicted molar refractivity (Wildman–Crippen MR) is 94.5 cm³/mol. The number of benzene rings is 1. The molecular weight excluding hydrogens is 330 g/mol. The summed E-state index contributed by atoms with van der Waals surface area (Å²) in [5.74, 6) is 0. The Morgan fingerprint density at radius 2 is 1.78 bits per heavy atom. The van der Waals surface area contributed by atoms with Gasteiger partial charge >= 0.3 is 0 Å². The molecule has 0 unspecified atom stereocenters. The molecular formula is C16H21N3O2S2. The smallest absolute Gasteiger partial charge is 0.250 e. The summed E-state index contributed by atoms with van der Waals surface area (Å²) >= 11 is 1.23. The molecule has 2 heterocycles. The first-order valence-electron chi connectivity index (χ1n) is 7.60. The minimum absolute atomic E-state index is 0.309. The quantitative estimate of drug-likeness (QED) is 0.895. The van der Waals surface area contributed by atoms with Gasteiger partial charge in [-0.15, -0.1) is 11.3 Å². The molecule has 124 valence electrons. The van der Waals surface area contributed by atoms with Crippen LogP contribution in [0.3, 0.4) is 0 Å². The number of hydrogen-bond acceptors (Lipinski definition) is 5. The van der Waals surface area contributed by atoms with Crippen molar-refractivity contribution in [3.05, 3.63) is 47.3 Å². The Balaban J connectivity index is 1.60. The van der Waals surface area contributed by atoms with Crippen LogP contribution >= 0.6 is 11.3 Å². The maximum absolute atomic E-state index is 12.1. The van der Waals surface area contributed by atoms with E-state index in [0.717, 1.165) is 31.7 Å². The molecule has 0 aliphatic carbocycles. The van der Waals surface area contributed by atoms with Gasteiger partial charge in [0, 0.05) is 38.4 Å². The molecule has 1 N–H and O–H groups in total. The fraction of sp³-hybridized carbons (Fsp3) is 0.375. The molecule has 1 aromatic heterocycles. The minimum atomic E-state index is -3.40. The summed E-state index contributed by atoms with van der Waals surface area (Å²) in [4.78, 5) is 4.68. The van der Waals surface area contributed by atoms with E-state index >= 15 is 0 Å². The lowest BCUT2D eigenvalue weighted by Crippen LogP contribution is -2.44. The molecule has 1 aromatic carbocycles. The highest BCUT2D eigenvalue weighted by Crippen LogP contribution is 2.18. The lowest BCUT2D eigenvalue weighted by molar-refractivity contribution is 0.313. The summed E-state index contributed by atoms with van der Waals surface area (Å²) in [7, 11) is -1.26. The molecule has 1 aliphatic rings. The third-order valence-corrected chi connectivity index (χ3v) is 6.83. The molecule has 7 heteroatoms. The second-order valence-corrected chi connectivity index (χ2v) is 8.65.